The van der Waals surface area contributed by atoms with Crippen molar-refractivity contribution < 1.29 is 5.11 Å². The third-order valence-corrected chi connectivity index (χ3v) is 7.10. The molecule has 0 unspecified atom stereocenters. The molecule has 3 heterocycles. The van der Waals surface area contributed by atoms with Gasteiger partial charge in [0.25, 0.3) is 0 Å². The lowest BCUT2D eigenvalue weighted by Gasteiger charge is -2.38. The first kappa shape index (κ1) is 21.9. The van der Waals surface area contributed by atoms with Crippen LogP contribution in [0, 0.1) is 0 Å². The summed E-state index contributed by atoms with van der Waals surface area (Å²) in [4.78, 5) is 5.12. The molecule has 1 aliphatic carbocycles. The molecule has 6 heteroatoms. The van der Waals surface area contributed by atoms with Crippen molar-refractivity contribution in [3.8, 4) is 22.4 Å². The lowest BCUT2D eigenvalue weighted by Crippen LogP contribution is -2.43. The Morgan fingerprint density at radius 1 is 0.971 bits per heavy atom. The van der Waals surface area contributed by atoms with E-state index in [1.165, 1.54) is 12.0 Å². The maximum Gasteiger partial charge on any atom is 0.170 e. The van der Waals surface area contributed by atoms with Crippen LogP contribution in [0.5, 0.6) is 0 Å². The number of rotatable bonds is 5. The van der Waals surface area contributed by atoms with Crippen LogP contribution in [0.4, 0.5) is 0 Å². The van der Waals surface area contributed by atoms with Gasteiger partial charge in [-0.3, -0.25) is 4.40 Å². The Hall–Kier alpha value is -3.61. The molecule has 5 aromatic rings. The second-order valence-corrected chi connectivity index (χ2v) is 10.4. The average Bonchev–Trinajstić information content (AvgIpc) is 3.24. The molecule has 0 radical (unpaired) electrons. The van der Waals surface area contributed by atoms with Gasteiger partial charge in [0.15, 0.2) is 5.65 Å². The molecule has 0 saturated heterocycles. The van der Waals surface area contributed by atoms with Crippen molar-refractivity contribution in [2.45, 2.75) is 50.7 Å². The van der Waals surface area contributed by atoms with Crippen molar-refractivity contribution in [1.29, 1.82) is 0 Å². The predicted molar refractivity (Wildman–Crippen MR) is 139 cm³/mol. The Bertz CT molecular complexity index is 1530. The third kappa shape index (κ3) is 3.89. The highest BCUT2D eigenvalue weighted by Gasteiger charge is 2.34. The number of nitrogens with zero attached hydrogens (tertiary/aromatic N) is 4. The summed E-state index contributed by atoms with van der Waals surface area (Å²) in [6.07, 6.45) is 5.62. The molecule has 0 aliphatic heterocycles. The standard InChI is InChI=1S/C29H29N5O/c1-28(2,35)18-25-32-33-27-23-17-22(19-7-4-3-5-8-19)26(31-24(23)13-16-34(25)27)20-9-11-21(12-10-20)29(30)14-6-15-29/h3-5,7-13,16-17,35H,6,14-15,18,30H2,1-2H3. The molecule has 1 fully saturated rings. The monoisotopic (exact) mass is 463 g/mol. The minimum Gasteiger partial charge on any atom is -0.390 e. The number of pyridine rings is 2. The molecule has 0 spiro atoms. The summed E-state index contributed by atoms with van der Waals surface area (Å²) in [5.41, 5.74) is 12.4. The zero-order valence-corrected chi connectivity index (χ0v) is 20.1. The van der Waals surface area contributed by atoms with Crippen molar-refractivity contribution in [1.82, 2.24) is 19.6 Å². The van der Waals surface area contributed by atoms with E-state index in [9.17, 15) is 5.11 Å². The van der Waals surface area contributed by atoms with Gasteiger partial charge in [0, 0.05) is 34.7 Å². The van der Waals surface area contributed by atoms with Crippen LogP contribution in [0.2, 0.25) is 0 Å². The second kappa shape index (κ2) is 7.97. The molecule has 35 heavy (non-hydrogen) atoms. The van der Waals surface area contributed by atoms with E-state index in [0.717, 1.165) is 57.6 Å². The summed E-state index contributed by atoms with van der Waals surface area (Å²) in [7, 11) is 0. The fourth-order valence-electron chi connectivity index (χ4n) is 5.01. The molecular weight excluding hydrogens is 434 g/mol. The van der Waals surface area contributed by atoms with Gasteiger partial charge in [-0.25, -0.2) is 4.98 Å². The molecule has 1 saturated carbocycles. The number of benzene rings is 2. The minimum absolute atomic E-state index is 0.183. The summed E-state index contributed by atoms with van der Waals surface area (Å²) >= 11 is 0. The lowest BCUT2D eigenvalue weighted by atomic mass is 9.72. The maximum atomic E-state index is 10.3. The molecule has 3 N–H and O–H groups in total. The summed E-state index contributed by atoms with van der Waals surface area (Å²) in [6.45, 7) is 3.55. The minimum atomic E-state index is -0.872. The Morgan fingerprint density at radius 3 is 2.37 bits per heavy atom. The fourth-order valence-corrected chi connectivity index (χ4v) is 5.01. The van der Waals surface area contributed by atoms with Crippen molar-refractivity contribution in [2.24, 2.45) is 5.73 Å². The summed E-state index contributed by atoms with van der Waals surface area (Å²) in [6, 6.07) is 23.1. The first-order valence-corrected chi connectivity index (χ1v) is 12.2. The molecule has 1 aliphatic rings. The summed E-state index contributed by atoms with van der Waals surface area (Å²) in [5, 5.41) is 20.1. The predicted octanol–water partition coefficient (Wildman–Crippen LogP) is 5.26. The first-order valence-electron chi connectivity index (χ1n) is 12.2. The summed E-state index contributed by atoms with van der Waals surface area (Å²) < 4.78 is 1.95. The van der Waals surface area contributed by atoms with Crippen molar-refractivity contribution in [2.75, 3.05) is 0 Å². The van der Waals surface area contributed by atoms with Crippen LogP contribution < -0.4 is 5.73 Å². The van der Waals surface area contributed by atoms with E-state index >= 15 is 0 Å². The van der Waals surface area contributed by atoms with Gasteiger partial charge < -0.3 is 10.8 Å². The van der Waals surface area contributed by atoms with Crippen LogP contribution in [0.25, 0.3) is 38.9 Å². The molecule has 6 rings (SSSR count). The number of fused-ring (bicyclic) bond motifs is 3. The highest BCUT2D eigenvalue weighted by Crippen LogP contribution is 2.40. The highest BCUT2D eigenvalue weighted by molar-refractivity contribution is 5.98. The number of hydrogen-bond acceptors (Lipinski definition) is 5. The van der Waals surface area contributed by atoms with Crippen molar-refractivity contribution in [3.63, 3.8) is 0 Å². The number of hydrogen-bond donors (Lipinski definition) is 2. The Kier molecular flexibility index (Phi) is 4.99. The van der Waals surface area contributed by atoms with Crippen LogP contribution in [0.1, 0.15) is 44.5 Å². The SMILES string of the molecule is CC(C)(O)Cc1nnc2c3cc(-c4ccccc4)c(-c4ccc(C5(N)CCC5)cc4)nc3ccn12. The Balaban J connectivity index is 1.53. The topological polar surface area (TPSA) is 89.3 Å². The average molecular weight is 464 g/mol. The van der Waals surface area contributed by atoms with Crippen LogP contribution in [0.3, 0.4) is 0 Å². The molecule has 0 amide bonds. The van der Waals surface area contributed by atoms with E-state index in [1.807, 2.05) is 34.9 Å². The van der Waals surface area contributed by atoms with Crippen molar-refractivity contribution >= 4 is 16.6 Å². The van der Waals surface area contributed by atoms with Gasteiger partial charge in [-0.2, -0.15) is 0 Å². The van der Waals surface area contributed by atoms with Crippen molar-refractivity contribution in [3.05, 3.63) is 84.3 Å². The second-order valence-electron chi connectivity index (χ2n) is 10.4. The van der Waals surface area contributed by atoms with E-state index in [-0.39, 0.29) is 5.54 Å². The molecule has 0 atom stereocenters. The zero-order valence-electron chi connectivity index (χ0n) is 20.1. The normalized spacial score (nSPS) is 15.4. The largest absolute Gasteiger partial charge is 0.390 e. The molecule has 0 bridgehead atoms. The fraction of sp³-hybridized carbons (Fsp3) is 0.276. The van der Waals surface area contributed by atoms with Gasteiger partial charge in [0.2, 0.25) is 0 Å². The van der Waals surface area contributed by atoms with Gasteiger partial charge >= 0.3 is 0 Å². The summed E-state index contributed by atoms with van der Waals surface area (Å²) in [5.74, 6) is 0.724. The maximum absolute atomic E-state index is 10.3. The van der Waals surface area contributed by atoms with Crippen LogP contribution in [0.15, 0.2) is 72.9 Å². The smallest absolute Gasteiger partial charge is 0.170 e. The molecule has 176 valence electrons. The van der Waals surface area contributed by atoms with Gasteiger partial charge in [0.1, 0.15) is 5.82 Å². The Morgan fingerprint density at radius 2 is 1.71 bits per heavy atom. The lowest BCUT2D eigenvalue weighted by molar-refractivity contribution is 0.0785. The van der Waals surface area contributed by atoms with E-state index in [1.54, 1.807) is 13.8 Å². The van der Waals surface area contributed by atoms with Gasteiger partial charge in [0.05, 0.1) is 16.8 Å². The molecule has 6 nitrogen and oxygen atoms in total. The number of aromatic nitrogens is 4. The van der Waals surface area contributed by atoms with Crippen LogP contribution in [-0.4, -0.2) is 30.3 Å². The van der Waals surface area contributed by atoms with Crippen LogP contribution in [-0.2, 0) is 12.0 Å². The third-order valence-electron chi connectivity index (χ3n) is 7.10. The van der Waals surface area contributed by atoms with E-state index in [0.29, 0.717) is 6.42 Å². The van der Waals surface area contributed by atoms with Gasteiger partial charge in [-0.05, 0) is 56.4 Å². The van der Waals surface area contributed by atoms with Gasteiger partial charge in [-0.1, -0.05) is 54.6 Å². The molecular formula is C29H29N5O. The van der Waals surface area contributed by atoms with E-state index < -0.39 is 5.60 Å². The van der Waals surface area contributed by atoms with E-state index in [4.69, 9.17) is 10.7 Å². The number of aliphatic hydroxyl groups is 1. The zero-order chi connectivity index (χ0) is 24.2. The van der Waals surface area contributed by atoms with E-state index in [2.05, 4.69) is 52.7 Å². The number of nitrogens with two attached hydrogens (primary N) is 1. The highest BCUT2D eigenvalue weighted by atomic mass is 16.3. The quantitative estimate of drug-likeness (QED) is 0.371. The first-order chi connectivity index (χ1) is 16.8. The molecule has 2 aromatic carbocycles. The van der Waals surface area contributed by atoms with Gasteiger partial charge in [-0.15, -0.1) is 10.2 Å². The molecule has 3 aromatic heterocycles. The van der Waals surface area contributed by atoms with Crippen LogP contribution >= 0.6 is 0 Å². The Labute approximate surface area is 204 Å².